The molecule has 0 atom stereocenters. The van der Waals surface area contributed by atoms with Crippen LogP contribution >= 0.6 is 0 Å². The molecule has 0 bridgehead atoms. The van der Waals surface area contributed by atoms with E-state index in [0.717, 1.165) is 17.0 Å². The number of halogens is 4. The summed E-state index contributed by atoms with van der Waals surface area (Å²) in [5, 5.41) is 12.8. The Morgan fingerprint density at radius 3 is 2.57 bits per heavy atom. The molecule has 0 aliphatic heterocycles. The smallest absolute Gasteiger partial charge is 0.418 e. The molecule has 0 fully saturated rings. The Hall–Kier alpha value is -3.83. The molecule has 0 unspecified atom stereocenters. The second-order valence-corrected chi connectivity index (χ2v) is 5.97. The Morgan fingerprint density at radius 1 is 1.17 bits per heavy atom. The molecule has 3 aromatic rings. The minimum Gasteiger partial charge on any atom is -0.465 e. The number of carbonyl (C=O) groups excluding carboxylic acids is 1. The Labute approximate surface area is 166 Å². The van der Waals surface area contributed by atoms with Gasteiger partial charge in [0.25, 0.3) is 0 Å². The number of carboxylic acid groups (broad SMARTS) is 1. The lowest BCUT2D eigenvalue weighted by atomic mass is 10.1. The average molecular weight is 426 g/mol. The number of rotatable bonds is 5. The fourth-order valence-electron chi connectivity index (χ4n) is 2.58. The normalized spacial score (nSPS) is 11.3. The zero-order chi connectivity index (χ0) is 21.9. The van der Waals surface area contributed by atoms with Crippen LogP contribution in [0.15, 0.2) is 46.9 Å². The molecule has 158 valence electrons. The summed E-state index contributed by atoms with van der Waals surface area (Å²) >= 11 is 0. The number of carbonyl (C=O) groups is 2. The van der Waals surface area contributed by atoms with Crippen molar-refractivity contribution in [2.24, 2.45) is 0 Å². The highest BCUT2D eigenvalue weighted by Gasteiger charge is 2.35. The van der Waals surface area contributed by atoms with Crippen molar-refractivity contribution in [2.45, 2.75) is 6.18 Å². The maximum atomic E-state index is 13.3. The monoisotopic (exact) mass is 426 g/mol. The first kappa shape index (κ1) is 20.9. The van der Waals surface area contributed by atoms with Crippen LogP contribution in [-0.2, 0) is 6.18 Å². The quantitative estimate of drug-likeness (QED) is 0.528. The van der Waals surface area contributed by atoms with Gasteiger partial charge in [-0.2, -0.15) is 18.2 Å². The van der Waals surface area contributed by atoms with Gasteiger partial charge in [-0.1, -0.05) is 12.1 Å². The van der Waals surface area contributed by atoms with Gasteiger partial charge in [-0.05, 0) is 30.3 Å². The molecule has 12 heteroatoms. The third-order valence-corrected chi connectivity index (χ3v) is 3.90. The van der Waals surface area contributed by atoms with E-state index in [1.165, 1.54) is 0 Å². The van der Waals surface area contributed by atoms with Crippen molar-refractivity contribution in [3.8, 4) is 0 Å². The SMILES string of the molecule is O=C(O)NCCN(C(=O)Nc1ccc(F)cc1C(F)(F)F)c1nc2ccccc2o1. The van der Waals surface area contributed by atoms with Crippen LogP contribution in [0.5, 0.6) is 0 Å². The van der Waals surface area contributed by atoms with Gasteiger partial charge in [0.05, 0.1) is 11.3 Å². The van der Waals surface area contributed by atoms with Crippen LogP contribution in [0.25, 0.3) is 11.1 Å². The van der Waals surface area contributed by atoms with Crippen molar-refractivity contribution >= 4 is 34.9 Å². The molecule has 3 N–H and O–H groups in total. The lowest BCUT2D eigenvalue weighted by Crippen LogP contribution is -2.41. The fourth-order valence-corrected chi connectivity index (χ4v) is 2.58. The molecule has 0 saturated carbocycles. The maximum absolute atomic E-state index is 13.3. The third kappa shape index (κ3) is 4.77. The molecule has 0 radical (unpaired) electrons. The number of fused-ring (bicyclic) bond motifs is 1. The van der Waals surface area contributed by atoms with Gasteiger partial charge in [-0.15, -0.1) is 0 Å². The predicted octanol–water partition coefficient (Wildman–Crippen LogP) is 4.29. The largest absolute Gasteiger partial charge is 0.465 e. The van der Waals surface area contributed by atoms with Gasteiger partial charge in [-0.3, -0.25) is 0 Å². The summed E-state index contributed by atoms with van der Waals surface area (Å²) in [6.07, 6.45) is -6.27. The molecule has 1 heterocycles. The fraction of sp³-hybridized carbons (Fsp3) is 0.167. The first-order valence-electron chi connectivity index (χ1n) is 8.43. The Kier molecular flexibility index (Phi) is 5.76. The molecule has 2 aromatic carbocycles. The summed E-state index contributed by atoms with van der Waals surface area (Å²) in [6.45, 7) is -0.551. The number of hydrogen-bond donors (Lipinski definition) is 3. The van der Waals surface area contributed by atoms with Crippen LogP contribution in [0.3, 0.4) is 0 Å². The molecule has 0 aliphatic carbocycles. The van der Waals surface area contributed by atoms with Crippen molar-refractivity contribution in [3.63, 3.8) is 0 Å². The van der Waals surface area contributed by atoms with E-state index >= 15 is 0 Å². The molecule has 0 saturated heterocycles. The number of hydrogen-bond acceptors (Lipinski definition) is 4. The van der Waals surface area contributed by atoms with E-state index in [1.807, 2.05) is 5.32 Å². The molecule has 8 nitrogen and oxygen atoms in total. The van der Waals surface area contributed by atoms with E-state index in [0.29, 0.717) is 11.1 Å². The second-order valence-electron chi connectivity index (χ2n) is 5.97. The summed E-state index contributed by atoms with van der Waals surface area (Å²) in [6, 6.07) is 6.94. The molecule has 0 aliphatic rings. The highest BCUT2D eigenvalue weighted by Crippen LogP contribution is 2.35. The molecule has 3 amide bonds. The number of nitrogens with zero attached hydrogens (tertiary/aromatic N) is 2. The summed E-state index contributed by atoms with van der Waals surface area (Å²) in [5.41, 5.74) is -1.36. The number of benzene rings is 2. The summed E-state index contributed by atoms with van der Waals surface area (Å²) in [4.78, 5) is 28.3. The van der Waals surface area contributed by atoms with Crippen LogP contribution in [0.2, 0.25) is 0 Å². The van der Waals surface area contributed by atoms with Crippen molar-refractivity contribution in [3.05, 3.63) is 53.8 Å². The van der Waals surface area contributed by atoms with Gasteiger partial charge in [0, 0.05) is 13.1 Å². The molecular weight excluding hydrogens is 412 g/mol. The van der Waals surface area contributed by atoms with Crippen LogP contribution in [0.4, 0.5) is 38.9 Å². The summed E-state index contributed by atoms with van der Waals surface area (Å²) in [5.74, 6) is -1.12. The van der Waals surface area contributed by atoms with E-state index in [-0.39, 0.29) is 25.2 Å². The minimum absolute atomic E-state index is 0.253. The number of nitrogens with one attached hydrogen (secondary N) is 2. The lowest BCUT2D eigenvalue weighted by Gasteiger charge is -2.21. The van der Waals surface area contributed by atoms with E-state index in [2.05, 4.69) is 10.3 Å². The van der Waals surface area contributed by atoms with E-state index in [4.69, 9.17) is 9.52 Å². The van der Waals surface area contributed by atoms with Crippen molar-refractivity contribution < 1.29 is 36.7 Å². The second kappa shape index (κ2) is 8.27. The molecular formula is C18H14F4N4O4. The standard InChI is InChI=1S/C18H14F4N4O4/c19-10-5-6-12(11(9-10)18(20,21)22)24-15(27)26(8-7-23-17(28)29)16-25-13-3-1-2-4-14(13)30-16/h1-6,9,23H,7-8H2,(H,24,27)(H,28,29). The third-order valence-electron chi connectivity index (χ3n) is 3.90. The van der Waals surface area contributed by atoms with E-state index in [1.54, 1.807) is 24.3 Å². The van der Waals surface area contributed by atoms with Crippen molar-refractivity contribution in [2.75, 3.05) is 23.3 Å². The first-order chi connectivity index (χ1) is 14.1. The molecule has 1 aromatic heterocycles. The Morgan fingerprint density at radius 2 is 1.90 bits per heavy atom. The number of alkyl halides is 3. The minimum atomic E-state index is -4.92. The molecule has 0 spiro atoms. The van der Waals surface area contributed by atoms with Crippen LogP contribution < -0.4 is 15.5 Å². The van der Waals surface area contributed by atoms with E-state index in [9.17, 15) is 27.2 Å². The predicted molar refractivity (Wildman–Crippen MR) is 97.8 cm³/mol. The highest BCUT2D eigenvalue weighted by atomic mass is 19.4. The van der Waals surface area contributed by atoms with Gasteiger partial charge in [0.2, 0.25) is 0 Å². The number of amides is 3. The van der Waals surface area contributed by atoms with Gasteiger partial charge < -0.3 is 20.2 Å². The van der Waals surface area contributed by atoms with Crippen LogP contribution in [-0.4, -0.2) is 35.3 Å². The summed E-state index contributed by atoms with van der Waals surface area (Å²) in [7, 11) is 0. The summed E-state index contributed by atoms with van der Waals surface area (Å²) < 4.78 is 58.3. The number of para-hydroxylation sites is 2. The zero-order valence-electron chi connectivity index (χ0n) is 15.0. The van der Waals surface area contributed by atoms with E-state index < -0.39 is 35.4 Å². The van der Waals surface area contributed by atoms with Crippen molar-refractivity contribution in [1.29, 1.82) is 0 Å². The number of oxazole rings is 1. The highest BCUT2D eigenvalue weighted by molar-refractivity contribution is 6.01. The Balaban J connectivity index is 1.91. The number of anilines is 2. The van der Waals surface area contributed by atoms with Crippen LogP contribution in [0, 0.1) is 5.82 Å². The Bertz CT molecular complexity index is 1050. The van der Waals surface area contributed by atoms with Gasteiger partial charge >= 0.3 is 24.3 Å². The topological polar surface area (TPSA) is 108 Å². The van der Waals surface area contributed by atoms with Gasteiger partial charge in [0.15, 0.2) is 5.58 Å². The average Bonchev–Trinajstić information content (AvgIpc) is 3.09. The molecule has 30 heavy (non-hydrogen) atoms. The first-order valence-corrected chi connectivity index (χ1v) is 8.43. The van der Waals surface area contributed by atoms with Crippen molar-refractivity contribution in [1.82, 2.24) is 10.3 Å². The van der Waals surface area contributed by atoms with Gasteiger partial charge in [-0.25, -0.2) is 18.9 Å². The maximum Gasteiger partial charge on any atom is 0.418 e. The zero-order valence-corrected chi connectivity index (χ0v) is 15.0. The lowest BCUT2D eigenvalue weighted by molar-refractivity contribution is -0.137. The number of aromatic nitrogens is 1. The van der Waals surface area contributed by atoms with Gasteiger partial charge in [0.1, 0.15) is 11.3 Å². The number of urea groups is 1. The van der Waals surface area contributed by atoms with Crippen LogP contribution in [0.1, 0.15) is 5.56 Å². The molecule has 3 rings (SSSR count).